The maximum absolute atomic E-state index is 10.2. The average Bonchev–Trinajstić information content (AvgIpc) is 2.55. The molecule has 1 aliphatic heterocycles. The highest BCUT2D eigenvalue weighted by atomic mass is 16.3. The van der Waals surface area contributed by atoms with Gasteiger partial charge in [0.15, 0.2) is 0 Å². The van der Waals surface area contributed by atoms with Gasteiger partial charge < -0.3 is 10.4 Å². The van der Waals surface area contributed by atoms with E-state index in [0.717, 1.165) is 50.3 Å². The van der Waals surface area contributed by atoms with Crippen LogP contribution in [0.15, 0.2) is 12.4 Å². The van der Waals surface area contributed by atoms with Crippen LogP contribution >= 0.6 is 0 Å². The molecule has 1 saturated carbocycles. The van der Waals surface area contributed by atoms with E-state index in [0.29, 0.717) is 12.0 Å². The third kappa shape index (κ3) is 3.19. The lowest BCUT2D eigenvalue weighted by Gasteiger charge is -2.41. The molecule has 5 nitrogen and oxygen atoms in total. The molecule has 0 spiro atoms. The van der Waals surface area contributed by atoms with Crippen molar-refractivity contribution in [2.24, 2.45) is 0 Å². The van der Waals surface area contributed by atoms with Crippen molar-refractivity contribution in [3.63, 3.8) is 0 Å². The van der Waals surface area contributed by atoms with Crippen molar-refractivity contribution < 1.29 is 5.11 Å². The number of hydrogen-bond donors (Lipinski definition) is 2. The molecule has 2 aliphatic rings. The third-order valence-corrected chi connectivity index (χ3v) is 5.04. The van der Waals surface area contributed by atoms with Gasteiger partial charge in [0.2, 0.25) is 0 Å². The molecule has 0 aromatic carbocycles. The Kier molecular flexibility index (Phi) is 4.70. The van der Waals surface area contributed by atoms with Crippen LogP contribution in [0, 0.1) is 0 Å². The maximum Gasteiger partial charge on any atom is 0.147 e. The molecule has 2 atom stereocenters. The van der Waals surface area contributed by atoms with Crippen LogP contribution in [-0.4, -0.2) is 52.3 Å². The molecule has 1 saturated heterocycles. The van der Waals surface area contributed by atoms with Crippen LogP contribution in [0.25, 0.3) is 0 Å². The summed E-state index contributed by atoms with van der Waals surface area (Å²) in [5.41, 5.74) is 1.10. The molecule has 5 heteroatoms. The van der Waals surface area contributed by atoms with Crippen LogP contribution in [-0.2, 0) is 0 Å². The minimum absolute atomic E-state index is 0.125. The molecule has 0 amide bonds. The number of likely N-dealkylation sites (tertiary alicyclic amines) is 1. The van der Waals surface area contributed by atoms with Crippen molar-refractivity contribution in [1.29, 1.82) is 0 Å². The third-order valence-electron chi connectivity index (χ3n) is 5.04. The van der Waals surface area contributed by atoms with Gasteiger partial charge in [-0.05, 0) is 38.8 Å². The zero-order valence-corrected chi connectivity index (χ0v) is 12.8. The molecule has 1 aromatic rings. The van der Waals surface area contributed by atoms with Crippen LogP contribution in [0.1, 0.15) is 50.1 Å². The van der Waals surface area contributed by atoms with Crippen molar-refractivity contribution in [2.45, 2.75) is 56.6 Å². The minimum atomic E-state index is -0.125. The van der Waals surface area contributed by atoms with Gasteiger partial charge in [-0.15, -0.1) is 0 Å². The van der Waals surface area contributed by atoms with E-state index in [4.69, 9.17) is 0 Å². The van der Waals surface area contributed by atoms with Gasteiger partial charge in [-0.2, -0.15) is 0 Å². The summed E-state index contributed by atoms with van der Waals surface area (Å²) in [6.07, 6.45) is 10.2. The Morgan fingerprint density at radius 3 is 2.52 bits per heavy atom. The number of piperidine rings is 1. The van der Waals surface area contributed by atoms with E-state index in [1.54, 1.807) is 12.4 Å². The van der Waals surface area contributed by atoms with E-state index in [-0.39, 0.29) is 6.10 Å². The molecule has 116 valence electrons. The molecule has 0 unspecified atom stereocenters. The van der Waals surface area contributed by atoms with E-state index in [2.05, 4.69) is 20.2 Å². The zero-order chi connectivity index (χ0) is 14.7. The van der Waals surface area contributed by atoms with Crippen LogP contribution in [0.3, 0.4) is 0 Å². The summed E-state index contributed by atoms with van der Waals surface area (Å²) in [7, 11) is 1.90. The number of anilines is 1. The molecular weight excluding hydrogens is 264 g/mol. The van der Waals surface area contributed by atoms with Crippen molar-refractivity contribution >= 4 is 5.82 Å². The molecule has 2 N–H and O–H groups in total. The number of aliphatic hydroxyl groups excluding tert-OH is 1. The van der Waals surface area contributed by atoms with Gasteiger partial charge in [-0.1, -0.05) is 12.8 Å². The SMILES string of the molecule is CNc1nccnc1C1CCN([C@H]2CCCC[C@@H]2O)CC1. The van der Waals surface area contributed by atoms with Crippen molar-refractivity contribution in [2.75, 3.05) is 25.5 Å². The quantitative estimate of drug-likeness (QED) is 0.891. The fraction of sp³-hybridized carbons (Fsp3) is 0.750. The Morgan fingerprint density at radius 1 is 1.10 bits per heavy atom. The van der Waals surface area contributed by atoms with Crippen molar-refractivity contribution in [3.05, 3.63) is 18.1 Å². The first-order valence-electron chi connectivity index (χ1n) is 8.20. The Bertz CT molecular complexity index is 459. The van der Waals surface area contributed by atoms with Gasteiger partial charge in [-0.25, -0.2) is 4.98 Å². The van der Waals surface area contributed by atoms with Crippen LogP contribution in [0.5, 0.6) is 0 Å². The molecule has 2 heterocycles. The molecule has 0 radical (unpaired) electrons. The highest BCUT2D eigenvalue weighted by molar-refractivity contribution is 5.40. The number of aromatic nitrogens is 2. The summed E-state index contributed by atoms with van der Waals surface area (Å²) in [5.74, 6) is 1.40. The first-order chi connectivity index (χ1) is 10.3. The van der Waals surface area contributed by atoms with E-state index in [1.807, 2.05) is 7.05 Å². The normalized spacial score (nSPS) is 28.5. The van der Waals surface area contributed by atoms with Gasteiger partial charge in [0, 0.05) is 31.4 Å². The number of hydrogen-bond acceptors (Lipinski definition) is 5. The number of aliphatic hydroxyl groups is 1. The van der Waals surface area contributed by atoms with Crippen molar-refractivity contribution in [1.82, 2.24) is 14.9 Å². The number of nitrogens with one attached hydrogen (secondary N) is 1. The smallest absolute Gasteiger partial charge is 0.147 e. The van der Waals surface area contributed by atoms with Crippen LogP contribution in [0.4, 0.5) is 5.82 Å². The zero-order valence-electron chi connectivity index (χ0n) is 12.8. The van der Waals surface area contributed by atoms with E-state index in [9.17, 15) is 5.11 Å². The molecule has 3 rings (SSSR count). The van der Waals surface area contributed by atoms with Crippen LogP contribution < -0.4 is 5.32 Å². The fourth-order valence-electron chi connectivity index (χ4n) is 3.86. The standard InChI is InChI=1S/C16H26N4O/c1-17-16-15(18-8-9-19-16)12-6-10-20(11-7-12)13-4-2-3-5-14(13)21/h8-9,12-14,21H,2-7,10-11H2,1H3,(H,17,19)/t13-,14-/m0/s1. The largest absolute Gasteiger partial charge is 0.391 e. The van der Waals surface area contributed by atoms with E-state index >= 15 is 0 Å². The monoisotopic (exact) mass is 290 g/mol. The topological polar surface area (TPSA) is 61.3 Å². The lowest BCUT2D eigenvalue weighted by atomic mass is 9.87. The summed E-state index contributed by atoms with van der Waals surface area (Å²) in [4.78, 5) is 11.4. The van der Waals surface area contributed by atoms with Crippen LogP contribution in [0.2, 0.25) is 0 Å². The van der Waals surface area contributed by atoms with Gasteiger partial charge >= 0.3 is 0 Å². The molecule has 2 fully saturated rings. The maximum atomic E-state index is 10.2. The van der Waals surface area contributed by atoms with Crippen molar-refractivity contribution in [3.8, 4) is 0 Å². The first-order valence-corrected chi connectivity index (χ1v) is 8.20. The van der Waals surface area contributed by atoms with Gasteiger partial charge in [0.25, 0.3) is 0 Å². The highest BCUT2D eigenvalue weighted by Crippen LogP contribution is 2.33. The predicted octanol–water partition coefficient (Wildman–Crippen LogP) is 2.00. The summed E-state index contributed by atoms with van der Waals surface area (Å²) in [6, 6.07) is 0.380. The van der Waals surface area contributed by atoms with Gasteiger partial charge in [-0.3, -0.25) is 9.88 Å². The molecular formula is C16H26N4O. The summed E-state index contributed by atoms with van der Waals surface area (Å²) in [5, 5.41) is 13.4. The lowest BCUT2D eigenvalue weighted by molar-refractivity contribution is 0.00855. The summed E-state index contributed by atoms with van der Waals surface area (Å²) < 4.78 is 0. The summed E-state index contributed by atoms with van der Waals surface area (Å²) >= 11 is 0. The molecule has 1 aliphatic carbocycles. The van der Waals surface area contributed by atoms with Gasteiger partial charge in [0.1, 0.15) is 5.82 Å². The Balaban J connectivity index is 1.62. The number of nitrogens with zero attached hydrogens (tertiary/aromatic N) is 3. The molecule has 0 bridgehead atoms. The molecule has 21 heavy (non-hydrogen) atoms. The highest BCUT2D eigenvalue weighted by Gasteiger charge is 2.32. The molecule has 1 aromatic heterocycles. The van der Waals surface area contributed by atoms with E-state index < -0.39 is 0 Å². The average molecular weight is 290 g/mol. The summed E-state index contributed by atoms with van der Waals surface area (Å²) in [6.45, 7) is 2.12. The Morgan fingerprint density at radius 2 is 1.81 bits per heavy atom. The van der Waals surface area contributed by atoms with E-state index in [1.165, 1.54) is 12.8 Å². The lowest BCUT2D eigenvalue weighted by Crippen LogP contribution is -2.48. The Labute approximate surface area is 126 Å². The Hall–Kier alpha value is -1.20. The number of rotatable bonds is 3. The second kappa shape index (κ2) is 6.71. The second-order valence-electron chi connectivity index (χ2n) is 6.27. The fourth-order valence-corrected chi connectivity index (χ4v) is 3.86. The predicted molar refractivity (Wildman–Crippen MR) is 83.4 cm³/mol. The first kappa shape index (κ1) is 14.7. The second-order valence-corrected chi connectivity index (χ2v) is 6.27. The van der Waals surface area contributed by atoms with Gasteiger partial charge in [0.05, 0.1) is 11.8 Å². The minimum Gasteiger partial charge on any atom is -0.391 e.